The third-order valence-electron chi connectivity index (χ3n) is 6.31. The van der Waals surface area contributed by atoms with Crippen molar-refractivity contribution in [3.8, 4) is 0 Å². The molecular weight excluding hydrogens is 452 g/mol. The van der Waals surface area contributed by atoms with Crippen LogP contribution >= 0.6 is 0 Å². The van der Waals surface area contributed by atoms with Crippen molar-refractivity contribution in [2.75, 3.05) is 19.8 Å². The van der Waals surface area contributed by atoms with Crippen LogP contribution in [0.15, 0.2) is 60.7 Å². The van der Waals surface area contributed by atoms with E-state index >= 15 is 0 Å². The molecule has 2 aromatic carbocycles. The number of carbonyl (C=O) groups excluding carboxylic acids is 1. The van der Waals surface area contributed by atoms with Crippen LogP contribution in [0.1, 0.15) is 27.7 Å². The van der Waals surface area contributed by atoms with Crippen LogP contribution in [0.5, 0.6) is 0 Å². The third kappa shape index (κ3) is 5.11. The maximum atomic E-state index is 12.0. The summed E-state index contributed by atoms with van der Waals surface area (Å²) in [6.45, 7) is 8.18. The molecule has 3 unspecified atom stereocenters. The summed E-state index contributed by atoms with van der Waals surface area (Å²) in [4.78, 5) is 25.1. The Morgan fingerprint density at radius 2 is 1.59 bits per heavy atom. The third-order valence-corrected chi connectivity index (χ3v) is 11.3. The Labute approximate surface area is 201 Å². The number of carboxylic acid groups (broad SMARTS) is 1. The standard InChI is InChI=1S/C25H34N2O6Si/c1-5-32-23(29)26-20-16-27(24(30)31)21(22(20)28)17-33-34(25(2,3)4,18-12-8-6-9-13-18)19-14-10-7-11-15-19/h6-15,20-22,28H,5,16-17H2,1-4H3,(H,26,29)(H,30,31). The molecule has 2 amide bonds. The predicted octanol–water partition coefficient (Wildman–Crippen LogP) is 2.40. The van der Waals surface area contributed by atoms with Crippen LogP contribution in [0.2, 0.25) is 5.04 Å². The molecule has 1 fully saturated rings. The number of carbonyl (C=O) groups is 2. The van der Waals surface area contributed by atoms with Gasteiger partial charge in [0.1, 0.15) is 0 Å². The van der Waals surface area contributed by atoms with Gasteiger partial charge in [0.25, 0.3) is 8.32 Å². The Morgan fingerprint density at radius 3 is 2.03 bits per heavy atom. The van der Waals surface area contributed by atoms with E-state index in [1.54, 1.807) is 6.92 Å². The summed E-state index contributed by atoms with van der Waals surface area (Å²) < 4.78 is 11.7. The Morgan fingerprint density at radius 1 is 1.06 bits per heavy atom. The summed E-state index contributed by atoms with van der Waals surface area (Å²) >= 11 is 0. The summed E-state index contributed by atoms with van der Waals surface area (Å²) in [5.41, 5.74) is 0. The Bertz CT molecular complexity index is 927. The molecule has 1 aliphatic heterocycles. The molecule has 0 saturated carbocycles. The normalized spacial score (nSPS) is 20.7. The van der Waals surface area contributed by atoms with Crippen LogP contribution in [0.3, 0.4) is 0 Å². The maximum absolute atomic E-state index is 12.0. The highest BCUT2D eigenvalue weighted by Gasteiger charge is 2.52. The fourth-order valence-electron chi connectivity index (χ4n) is 4.74. The van der Waals surface area contributed by atoms with E-state index in [4.69, 9.17) is 9.16 Å². The van der Waals surface area contributed by atoms with Gasteiger partial charge in [0, 0.05) is 6.54 Å². The fraction of sp³-hybridized carbons (Fsp3) is 0.440. The summed E-state index contributed by atoms with van der Waals surface area (Å²) in [7, 11) is -2.92. The number of likely N-dealkylation sites (tertiary alicyclic amines) is 1. The minimum atomic E-state index is -2.92. The van der Waals surface area contributed by atoms with Crippen LogP contribution in [0, 0.1) is 0 Å². The molecule has 0 aromatic heterocycles. The maximum Gasteiger partial charge on any atom is 0.407 e. The van der Waals surface area contributed by atoms with E-state index in [2.05, 4.69) is 50.4 Å². The van der Waals surface area contributed by atoms with Crippen LogP contribution in [0.25, 0.3) is 0 Å². The number of amides is 2. The second kappa shape index (κ2) is 10.6. The van der Waals surface area contributed by atoms with E-state index in [1.165, 1.54) is 0 Å². The summed E-state index contributed by atoms with van der Waals surface area (Å²) in [6, 6.07) is 18.4. The van der Waals surface area contributed by atoms with Crippen molar-refractivity contribution in [2.24, 2.45) is 0 Å². The monoisotopic (exact) mass is 486 g/mol. The SMILES string of the molecule is CCOC(=O)NC1CN(C(=O)O)C(CO[Si](c2ccccc2)(c2ccccc2)C(C)(C)C)C1O. The number of aliphatic hydroxyl groups is 1. The topological polar surface area (TPSA) is 108 Å². The highest BCUT2D eigenvalue weighted by molar-refractivity contribution is 6.99. The van der Waals surface area contributed by atoms with Gasteiger partial charge in [0.2, 0.25) is 0 Å². The van der Waals surface area contributed by atoms with Gasteiger partial charge >= 0.3 is 12.2 Å². The van der Waals surface area contributed by atoms with Gasteiger partial charge in [-0.05, 0) is 22.3 Å². The minimum Gasteiger partial charge on any atom is -0.465 e. The lowest BCUT2D eigenvalue weighted by Crippen LogP contribution is -2.67. The van der Waals surface area contributed by atoms with Crippen molar-refractivity contribution in [3.63, 3.8) is 0 Å². The minimum absolute atomic E-state index is 0.0121. The highest BCUT2D eigenvalue weighted by atomic mass is 28.4. The molecule has 0 aliphatic carbocycles. The van der Waals surface area contributed by atoms with Gasteiger partial charge in [0.05, 0.1) is 31.4 Å². The van der Waals surface area contributed by atoms with Gasteiger partial charge in [-0.1, -0.05) is 81.4 Å². The Kier molecular flexibility index (Phi) is 8.01. The quantitative estimate of drug-likeness (QED) is 0.519. The number of nitrogens with zero attached hydrogens (tertiary/aromatic N) is 1. The Balaban J connectivity index is 1.97. The fourth-order valence-corrected chi connectivity index (χ4v) is 9.32. The molecule has 1 saturated heterocycles. The lowest BCUT2D eigenvalue weighted by atomic mass is 10.1. The molecule has 0 spiro atoms. The Hall–Kier alpha value is -2.88. The lowest BCUT2D eigenvalue weighted by Gasteiger charge is -2.44. The van der Waals surface area contributed by atoms with Crippen LogP contribution in [-0.2, 0) is 9.16 Å². The number of ether oxygens (including phenoxy) is 1. The molecule has 2 aromatic rings. The van der Waals surface area contributed by atoms with Crippen LogP contribution in [-0.4, -0.2) is 73.6 Å². The molecule has 1 aliphatic rings. The molecule has 3 atom stereocenters. The van der Waals surface area contributed by atoms with Crippen molar-refractivity contribution in [2.45, 2.75) is 50.9 Å². The number of alkyl carbamates (subject to hydrolysis) is 1. The zero-order valence-corrected chi connectivity index (χ0v) is 21.1. The van der Waals surface area contributed by atoms with Gasteiger partial charge in [-0.25, -0.2) is 9.59 Å². The van der Waals surface area contributed by atoms with Gasteiger partial charge in [-0.3, -0.25) is 4.90 Å². The highest BCUT2D eigenvalue weighted by Crippen LogP contribution is 2.37. The molecule has 1 heterocycles. The first-order valence-electron chi connectivity index (χ1n) is 11.5. The number of aliphatic hydroxyl groups excluding tert-OH is 1. The van der Waals surface area contributed by atoms with Crippen molar-refractivity contribution < 1.29 is 29.0 Å². The lowest BCUT2D eigenvalue weighted by molar-refractivity contribution is 0.0638. The molecule has 9 heteroatoms. The molecule has 3 N–H and O–H groups in total. The second-order valence-corrected chi connectivity index (χ2v) is 13.7. The summed E-state index contributed by atoms with van der Waals surface area (Å²) in [5.74, 6) is 0. The largest absolute Gasteiger partial charge is 0.465 e. The second-order valence-electron chi connectivity index (χ2n) is 9.44. The van der Waals surface area contributed by atoms with E-state index in [0.29, 0.717) is 0 Å². The molecule has 0 bridgehead atoms. The molecule has 3 rings (SSSR count). The van der Waals surface area contributed by atoms with E-state index in [-0.39, 0.29) is 24.8 Å². The average molecular weight is 487 g/mol. The zero-order chi connectivity index (χ0) is 24.9. The van der Waals surface area contributed by atoms with E-state index in [0.717, 1.165) is 15.3 Å². The van der Waals surface area contributed by atoms with Crippen molar-refractivity contribution >= 4 is 30.9 Å². The number of hydrogen-bond acceptors (Lipinski definition) is 5. The number of benzene rings is 2. The van der Waals surface area contributed by atoms with Gasteiger partial charge < -0.3 is 24.7 Å². The van der Waals surface area contributed by atoms with Gasteiger partial charge in [-0.2, -0.15) is 0 Å². The molecular formula is C25H34N2O6Si. The summed E-state index contributed by atoms with van der Waals surface area (Å²) in [6.07, 6.45) is -3.01. The number of rotatable bonds is 7. The van der Waals surface area contributed by atoms with Crippen molar-refractivity contribution in [1.29, 1.82) is 0 Å². The number of nitrogens with one attached hydrogen (secondary N) is 1. The predicted molar refractivity (Wildman–Crippen MR) is 132 cm³/mol. The van der Waals surface area contributed by atoms with E-state index < -0.39 is 38.7 Å². The molecule has 8 nitrogen and oxygen atoms in total. The van der Waals surface area contributed by atoms with Crippen molar-refractivity contribution in [3.05, 3.63) is 60.7 Å². The molecule has 34 heavy (non-hydrogen) atoms. The zero-order valence-electron chi connectivity index (χ0n) is 20.1. The van der Waals surface area contributed by atoms with Crippen LogP contribution in [0.4, 0.5) is 9.59 Å². The molecule has 0 radical (unpaired) electrons. The average Bonchev–Trinajstić information content (AvgIpc) is 3.10. The van der Waals surface area contributed by atoms with Crippen LogP contribution < -0.4 is 15.7 Å². The van der Waals surface area contributed by atoms with E-state index in [1.807, 2.05) is 36.4 Å². The first-order valence-corrected chi connectivity index (χ1v) is 13.4. The number of hydrogen-bond donors (Lipinski definition) is 3. The van der Waals surface area contributed by atoms with E-state index in [9.17, 15) is 19.8 Å². The van der Waals surface area contributed by atoms with Gasteiger partial charge in [-0.15, -0.1) is 0 Å². The van der Waals surface area contributed by atoms with Crippen molar-refractivity contribution in [1.82, 2.24) is 10.2 Å². The first kappa shape index (κ1) is 25.7. The first-order chi connectivity index (χ1) is 16.1. The molecule has 184 valence electrons. The summed E-state index contributed by atoms with van der Waals surface area (Å²) in [5, 5.41) is 25.2. The van der Waals surface area contributed by atoms with Gasteiger partial charge in [0.15, 0.2) is 0 Å². The smallest absolute Gasteiger partial charge is 0.407 e.